The summed E-state index contributed by atoms with van der Waals surface area (Å²) in [4.78, 5) is 3.29. The van der Waals surface area contributed by atoms with E-state index >= 15 is 0 Å². The molecule has 0 fully saturated rings. The van der Waals surface area contributed by atoms with Crippen LogP contribution in [-0.2, 0) is 6.42 Å². The quantitative estimate of drug-likeness (QED) is 0.157. The van der Waals surface area contributed by atoms with Crippen LogP contribution in [0.2, 0.25) is 0 Å². The minimum atomic E-state index is 0.608. The van der Waals surface area contributed by atoms with Crippen LogP contribution >= 0.6 is 0 Å². The number of H-pyrrole nitrogens is 1. The van der Waals surface area contributed by atoms with Gasteiger partial charge >= 0.3 is 0 Å². The van der Waals surface area contributed by atoms with E-state index in [1.54, 1.807) is 0 Å². The molecule has 32 heavy (non-hydrogen) atoms. The highest BCUT2D eigenvalue weighted by molar-refractivity contribution is 5.15. The number of aromatic amines is 1. The fraction of sp³-hybridized carbons (Fsp3) is 0.700. The van der Waals surface area contributed by atoms with Gasteiger partial charge in [-0.3, -0.25) is 4.98 Å². The lowest BCUT2D eigenvalue weighted by molar-refractivity contribution is -0.730. The maximum absolute atomic E-state index is 3.29. The van der Waals surface area contributed by atoms with E-state index in [1.165, 1.54) is 115 Å². The molecule has 1 aromatic carbocycles. The molecule has 180 valence electrons. The highest BCUT2D eigenvalue weighted by Gasteiger charge is 2.26. The van der Waals surface area contributed by atoms with E-state index in [0.717, 1.165) is 0 Å². The number of benzene rings is 1. The number of hydrogen-bond acceptors (Lipinski definition) is 0. The number of rotatable bonds is 20. The fourth-order valence-corrected chi connectivity index (χ4v) is 5.16. The largest absolute Gasteiger partial charge is 0.250 e. The van der Waals surface area contributed by atoms with Gasteiger partial charge in [-0.25, -0.2) is 4.57 Å². The molecule has 2 atom stereocenters. The number of nitrogens with zero attached hydrogens (tertiary/aromatic N) is 1. The van der Waals surface area contributed by atoms with Gasteiger partial charge in [-0.05, 0) is 31.2 Å². The molecule has 1 N–H and O–H groups in total. The van der Waals surface area contributed by atoms with Gasteiger partial charge in [-0.15, -0.1) is 0 Å². The highest BCUT2D eigenvalue weighted by atomic mass is 15.1. The first-order valence-corrected chi connectivity index (χ1v) is 13.9. The van der Waals surface area contributed by atoms with Crippen molar-refractivity contribution in [1.82, 2.24) is 4.98 Å². The van der Waals surface area contributed by atoms with Crippen molar-refractivity contribution in [3.8, 4) is 0 Å². The van der Waals surface area contributed by atoms with Gasteiger partial charge in [0.2, 0.25) is 6.33 Å². The zero-order valence-corrected chi connectivity index (χ0v) is 21.2. The summed E-state index contributed by atoms with van der Waals surface area (Å²) in [5.74, 6) is 0.716. The SMILES string of the molecule is CCCCCCCCCCCCCC(Cc1ccccc1)C(CCCCC)[n+]1cc[nH]c1. The van der Waals surface area contributed by atoms with Crippen molar-refractivity contribution in [2.75, 3.05) is 0 Å². The van der Waals surface area contributed by atoms with Crippen LogP contribution in [0.4, 0.5) is 0 Å². The molecule has 2 nitrogen and oxygen atoms in total. The Bertz CT molecular complexity index is 634. The average Bonchev–Trinajstić information content (AvgIpc) is 3.35. The Kier molecular flexibility index (Phi) is 14.9. The Morgan fingerprint density at radius 2 is 1.25 bits per heavy atom. The summed E-state index contributed by atoms with van der Waals surface area (Å²) in [5, 5.41) is 0. The van der Waals surface area contributed by atoms with E-state index in [-0.39, 0.29) is 0 Å². The molecule has 1 heterocycles. The molecule has 0 aliphatic rings. The highest BCUT2D eigenvalue weighted by Crippen LogP contribution is 2.28. The van der Waals surface area contributed by atoms with Crippen molar-refractivity contribution >= 4 is 0 Å². The molecule has 2 heteroatoms. The Labute approximate surface area is 199 Å². The van der Waals surface area contributed by atoms with Gasteiger partial charge in [0, 0.05) is 5.92 Å². The molecule has 0 aliphatic heterocycles. The van der Waals surface area contributed by atoms with Crippen molar-refractivity contribution in [2.45, 2.75) is 129 Å². The van der Waals surface area contributed by atoms with E-state index in [2.05, 4.69) is 72.5 Å². The molecule has 0 saturated carbocycles. The number of aromatic nitrogens is 2. The first kappa shape index (κ1) is 26.7. The van der Waals surface area contributed by atoms with Crippen LogP contribution in [0.1, 0.15) is 128 Å². The van der Waals surface area contributed by atoms with Gasteiger partial charge in [-0.1, -0.05) is 128 Å². The second-order valence-electron chi connectivity index (χ2n) is 9.90. The summed E-state index contributed by atoms with van der Waals surface area (Å²) in [7, 11) is 0. The van der Waals surface area contributed by atoms with Gasteiger partial charge in [-0.2, -0.15) is 0 Å². The van der Waals surface area contributed by atoms with Crippen LogP contribution in [0.25, 0.3) is 0 Å². The van der Waals surface area contributed by atoms with Crippen molar-refractivity contribution < 1.29 is 4.57 Å². The molecule has 0 spiro atoms. The minimum absolute atomic E-state index is 0.608. The van der Waals surface area contributed by atoms with Gasteiger partial charge in [0.05, 0.1) is 0 Å². The summed E-state index contributed by atoms with van der Waals surface area (Å²) >= 11 is 0. The van der Waals surface area contributed by atoms with Crippen LogP contribution in [0, 0.1) is 5.92 Å². The maximum Gasteiger partial charge on any atom is 0.241 e. The first-order valence-electron chi connectivity index (χ1n) is 13.9. The Morgan fingerprint density at radius 3 is 1.84 bits per heavy atom. The van der Waals surface area contributed by atoms with Crippen molar-refractivity contribution in [1.29, 1.82) is 0 Å². The zero-order valence-electron chi connectivity index (χ0n) is 21.2. The van der Waals surface area contributed by atoms with Crippen molar-refractivity contribution in [2.24, 2.45) is 5.92 Å². The molecule has 0 saturated heterocycles. The van der Waals surface area contributed by atoms with Crippen molar-refractivity contribution in [3.63, 3.8) is 0 Å². The van der Waals surface area contributed by atoms with Gasteiger partial charge in [0.15, 0.2) is 0 Å². The summed E-state index contributed by atoms with van der Waals surface area (Å²) in [6.45, 7) is 4.61. The monoisotopic (exact) mass is 439 g/mol. The number of imidazole rings is 1. The minimum Gasteiger partial charge on any atom is -0.250 e. The van der Waals surface area contributed by atoms with Crippen LogP contribution in [0.3, 0.4) is 0 Å². The summed E-state index contributed by atoms with van der Waals surface area (Å²) in [6.07, 6.45) is 30.0. The van der Waals surface area contributed by atoms with Crippen LogP contribution in [-0.4, -0.2) is 4.98 Å². The number of nitrogens with one attached hydrogen (secondary N) is 1. The van der Waals surface area contributed by atoms with E-state index in [9.17, 15) is 0 Å². The molecule has 0 aliphatic carbocycles. The Balaban J connectivity index is 1.80. The van der Waals surface area contributed by atoms with Crippen LogP contribution in [0.5, 0.6) is 0 Å². The Hall–Kier alpha value is -1.57. The molecular weight excluding hydrogens is 388 g/mol. The molecule has 0 amide bonds. The van der Waals surface area contributed by atoms with E-state index < -0.39 is 0 Å². The molecular formula is C30H51N2+. The third-order valence-electron chi connectivity index (χ3n) is 7.12. The van der Waals surface area contributed by atoms with Crippen LogP contribution < -0.4 is 4.57 Å². The third-order valence-corrected chi connectivity index (χ3v) is 7.12. The lowest BCUT2D eigenvalue weighted by Gasteiger charge is -2.25. The predicted molar refractivity (Wildman–Crippen MR) is 139 cm³/mol. The Morgan fingerprint density at radius 1 is 0.688 bits per heavy atom. The lowest BCUT2D eigenvalue weighted by atomic mass is 9.84. The fourth-order valence-electron chi connectivity index (χ4n) is 5.16. The summed E-state index contributed by atoms with van der Waals surface area (Å²) in [6, 6.07) is 11.8. The predicted octanol–water partition coefficient (Wildman–Crippen LogP) is 8.98. The number of hydrogen-bond donors (Lipinski definition) is 1. The molecule has 1 aromatic heterocycles. The second-order valence-corrected chi connectivity index (χ2v) is 9.90. The molecule has 2 rings (SSSR count). The van der Waals surface area contributed by atoms with Gasteiger partial charge in [0.1, 0.15) is 18.4 Å². The molecule has 0 radical (unpaired) electrons. The molecule has 2 unspecified atom stereocenters. The first-order chi connectivity index (χ1) is 15.8. The molecule has 0 bridgehead atoms. The van der Waals surface area contributed by atoms with Crippen molar-refractivity contribution in [3.05, 3.63) is 54.6 Å². The smallest absolute Gasteiger partial charge is 0.241 e. The lowest BCUT2D eigenvalue weighted by Crippen LogP contribution is -2.42. The standard InChI is InChI=1S/C30H50N2/c1-3-5-7-8-9-10-11-12-13-14-19-22-29(26-28-20-17-15-18-21-28)30(23-16-6-4-2)32-25-24-31-27-32/h15,17-18,20-21,24-25,27,29-30H,3-14,16,19,22-23,26H2,1-2H3/p+1. The number of unbranched alkanes of at least 4 members (excludes halogenated alkanes) is 12. The van der Waals surface area contributed by atoms with Gasteiger partial charge in [0.25, 0.3) is 0 Å². The van der Waals surface area contributed by atoms with E-state index in [0.29, 0.717) is 12.0 Å². The van der Waals surface area contributed by atoms with E-state index in [4.69, 9.17) is 0 Å². The van der Waals surface area contributed by atoms with E-state index in [1.807, 2.05) is 0 Å². The third kappa shape index (κ3) is 11.3. The second kappa shape index (κ2) is 17.9. The summed E-state index contributed by atoms with van der Waals surface area (Å²) < 4.78 is 2.46. The zero-order chi connectivity index (χ0) is 22.7. The maximum atomic E-state index is 3.29. The molecule has 2 aromatic rings. The summed E-state index contributed by atoms with van der Waals surface area (Å²) in [5.41, 5.74) is 1.50. The topological polar surface area (TPSA) is 19.7 Å². The van der Waals surface area contributed by atoms with Crippen LogP contribution in [0.15, 0.2) is 49.1 Å². The van der Waals surface area contributed by atoms with Gasteiger partial charge < -0.3 is 0 Å². The normalized spacial score (nSPS) is 13.3. The average molecular weight is 440 g/mol.